The molecule has 28 heavy (non-hydrogen) atoms. The average molecular weight is 409 g/mol. The van der Waals surface area contributed by atoms with E-state index in [9.17, 15) is 4.79 Å². The standard InChI is InChI=1S/C22H36O5Si/c1-15(2)22(4,5)28(7,8)27-18-13-20(24-6)26-19(18)14-25-21(23)17-11-9-16(3)10-12-17/h9-12,15,18-20H,13-14H2,1-8H3/t18-,19-,20+/m1/s1. The smallest absolute Gasteiger partial charge is 0.338 e. The largest absolute Gasteiger partial charge is 0.459 e. The molecular formula is C22H36O5Si. The van der Waals surface area contributed by atoms with E-state index in [1.165, 1.54) is 0 Å². The molecule has 0 bridgehead atoms. The van der Waals surface area contributed by atoms with Crippen molar-refractivity contribution in [2.24, 2.45) is 5.92 Å². The molecule has 0 aliphatic carbocycles. The lowest BCUT2D eigenvalue weighted by Gasteiger charge is -2.44. The number of ether oxygens (including phenoxy) is 3. The van der Waals surface area contributed by atoms with E-state index in [4.69, 9.17) is 18.6 Å². The van der Waals surface area contributed by atoms with Gasteiger partial charge in [0.1, 0.15) is 12.7 Å². The van der Waals surface area contributed by atoms with Gasteiger partial charge in [0.25, 0.3) is 0 Å². The minimum atomic E-state index is -2.05. The van der Waals surface area contributed by atoms with Gasteiger partial charge >= 0.3 is 5.97 Å². The lowest BCUT2D eigenvalue weighted by atomic mass is 9.99. The van der Waals surface area contributed by atoms with Crippen molar-refractivity contribution in [2.45, 2.75) is 77.7 Å². The van der Waals surface area contributed by atoms with Gasteiger partial charge in [-0.25, -0.2) is 4.79 Å². The fourth-order valence-electron chi connectivity index (χ4n) is 3.26. The Kier molecular flexibility index (Phi) is 7.48. The Balaban J connectivity index is 2.04. The van der Waals surface area contributed by atoms with E-state index < -0.39 is 8.32 Å². The number of benzene rings is 1. The fraction of sp³-hybridized carbons (Fsp3) is 0.682. The number of methoxy groups -OCH3 is 1. The van der Waals surface area contributed by atoms with Gasteiger partial charge in [0, 0.05) is 13.5 Å². The van der Waals surface area contributed by atoms with Crippen LogP contribution in [0.15, 0.2) is 24.3 Å². The second-order valence-corrected chi connectivity index (χ2v) is 13.6. The first kappa shape index (κ1) is 23.1. The predicted octanol–water partition coefficient (Wildman–Crippen LogP) is 4.94. The highest BCUT2D eigenvalue weighted by atomic mass is 28.4. The number of hydrogen-bond acceptors (Lipinski definition) is 5. The molecule has 0 N–H and O–H groups in total. The summed E-state index contributed by atoms with van der Waals surface area (Å²) in [5.74, 6) is 0.162. The SMILES string of the molecule is CO[C@@H]1C[C@@H](O[Si](C)(C)C(C)(C)C(C)C)[C@@H](COC(=O)c2ccc(C)cc2)O1. The van der Waals surface area contributed by atoms with E-state index >= 15 is 0 Å². The molecule has 1 saturated heterocycles. The molecule has 0 spiro atoms. The van der Waals surface area contributed by atoms with Crippen molar-refractivity contribution in [3.63, 3.8) is 0 Å². The van der Waals surface area contributed by atoms with Crippen LogP contribution < -0.4 is 0 Å². The van der Waals surface area contributed by atoms with Crippen LogP contribution in [0.3, 0.4) is 0 Å². The van der Waals surface area contributed by atoms with Gasteiger partial charge in [0.05, 0.1) is 11.7 Å². The van der Waals surface area contributed by atoms with E-state index in [2.05, 4.69) is 40.8 Å². The van der Waals surface area contributed by atoms with E-state index in [0.717, 1.165) is 5.56 Å². The summed E-state index contributed by atoms with van der Waals surface area (Å²) in [6, 6.07) is 7.36. The van der Waals surface area contributed by atoms with Crippen molar-refractivity contribution >= 4 is 14.3 Å². The Morgan fingerprint density at radius 3 is 2.39 bits per heavy atom. The molecule has 0 unspecified atom stereocenters. The summed E-state index contributed by atoms with van der Waals surface area (Å²) in [5, 5.41) is 0.0985. The number of hydrogen-bond donors (Lipinski definition) is 0. The highest BCUT2D eigenvalue weighted by Gasteiger charge is 2.48. The zero-order valence-electron chi connectivity index (χ0n) is 18.6. The van der Waals surface area contributed by atoms with Crippen molar-refractivity contribution in [2.75, 3.05) is 13.7 Å². The molecule has 1 aliphatic rings. The Morgan fingerprint density at radius 2 is 1.86 bits per heavy atom. The molecule has 6 heteroatoms. The summed E-state index contributed by atoms with van der Waals surface area (Å²) in [7, 11) is -0.418. The maximum atomic E-state index is 12.4. The van der Waals surface area contributed by atoms with Crippen LogP contribution in [-0.2, 0) is 18.6 Å². The number of carbonyl (C=O) groups excluding carboxylic acids is 1. The molecule has 3 atom stereocenters. The lowest BCUT2D eigenvalue weighted by Crippen LogP contribution is -2.49. The van der Waals surface area contributed by atoms with Crippen LogP contribution in [0.1, 0.15) is 50.0 Å². The van der Waals surface area contributed by atoms with Crippen molar-refractivity contribution in [1.29, 1.82) is 0 Å². The number of esters is 1. The third-order valence-corrected chi connectivity index (χ3v) is 11.1. The molecule has 1 aliphatic heterocycles. The highest BCUT2D eigenvalue weighted by Crippen LogP contribution is 2.46. The molecule has 0 amide bonds. The van der Waals surface area contributed by atoms with Gasteiger partial charge in [-0.3, -0.25) is 0 Å². The number of aryl methyl sites for hydroxylation is 1. The Labute approximate surface area is 170 Å². The highest BCUT2D eigenvalue weighted by molar-refractivity contribution is 6.74. The average Bonchev–Trinajstić information content (AvgIpc) is 3.01. The van der Waals surface area contributed by atoms with Crippen LogP contribution >= 0.6 is 0 Å². The quantitative estimate of drug-likeness (QED) is 0.450. The van der Waals surface area contributed by atoms with Crippen LogP contribution in [0.25, 0.3) is 0 Å². The molecular weight excluding hydrogens is 372 g/mol. The Bertz CT molecular complexity index is 653. The minimum absolute atomic E-state index is 0.0985. The first-order chi connectivity index (χ1) is 13.0. The number of rotatable bonds is 8. The molecule has 1 aromatic carbocycles. The second kappa shape index (κ2) is 9.07. The van der Waals surface area contributed by atoms with Crippen molar-refractivity contribution < 1.29 is 23.4 Å². The van der Waals surface area contributed by atoms with E-state index in [1.807, 2.05) is 19.1 Å². The summed E-state index contributed by atoms with van der Waals surface area (Å²) in [6.45, 7) is 15.7. The van der Waals surface area contributed by atoms with Crippen LogP contribution in [0.2, 0.25) is 18.1 Å². The maximum Gasteiger partial charge on any atom is 0.338 e. The van der Waals surface area contributed by atoms with Gasteiger partial charge in [0.2, 0.25) is 0 Å². The first-order valence-electron chi connectivity index (χ1n) is 10.1. The topological polar surface area (TPSA) is 54.0 Å². The van der Waals surface area contributed by atoms with Gasteiger partial charge in [-0.1, -0.05) is 45.4 Å². The summed E-state index contributed by atoms with van der Waals surface area (Å²) in [5.41, 5.74) is 1.65. The zero-order chi connectivity index (χ0) is 21.1. The summed E-state index contributed by atoms with van der Waals surface area (Å²) in [4.78, 5) is 12.4. The van der Waals surface area contributed by atoms with Gasteiger partial charge in [-0.2, -0.15) is 0 Å². The van der Waals surface area contributed by atoms with E-state index in [-0.39, 0.29) is 36.1 Å². The second-order valence-electron chi connectivity index (χ2n) is 9.08. The van der Waals surface area contributed by atoms with Gasteiger partial charge in [0.15, 0.2) is 14.6 Å². The molecule has 2 rings (SSSR count). The van der Waals surface area contributed by atoms with E-state index in [0.29, 0.717) is 17.9 Å². The third-order valence-electron chi connectivity index (χ3n) is 6.54. The molecule has 0 radical (unpaired) electrons. The van der Waals surface area contributed by atoms with Crippen molar-refractivity contribution in [3.05, 3.63) is 35.4 Å². The molecule has 0 saturated carbocycles. The number of carbonyl (C=O) groups is 1. The minimum Gasteiger partial charge on any atom is -0.459 e. The van der Waals surface area contributed by atoms with Crippen LogP contribution in [0.4, 0.5) is 0 Å². The third kappa shape index (κ3) is 5.23. The maximum absolute atomic E-state index is 12.4. The molecule has 5 nitrogen and oxygen atoms in total. The lowest BCUT2D eigenvalue weighted by molar-refractivity contribution is -0.127. The van der Waals surface area contributed by atoms with Gasteiger partial charge in [-0.05, 0) is 43.1 Å². The molecule has 1 aromatic rings. The fourth-order valence-corrected chi connectivity index (χ4v) is 5.96. The van der Waals surface area contributed by atoms with Crippen LogP contribution in [-0.4, -0.2) is 46.5 Å². The molecule has 158 valence electrons. The Morgan fingerprint density at radius 1 is 1.25 bits per heavy atom. The van der Waals surface area contributed by atoms with E-state index in [1.54, 1.807) is 19.2 Å². The summed E-state index contributed by atoms with van der Waals surface area (Å²) < 4.78 is 23.5. The first-order valence-corrected chi connectivity index (χ1v) is 13.0. The predicted molar refractivity (Wildman–Crippen MR) is 113 cm³/mol. The summed E-state index contributed by atoms with van der Waals surface area (Å²) >= 11 is 0. The summed E-state index contributed by atoms with van der Waals surface area (Å²) in [6.07, 6.45) is -0.155. The molecule has 1 heterocycles. The molecule has 1 fully saturated rings. The molecule has 0 aromatic heterocycles. The van der Waals surface area contributed by atoms with Crippen LogP contribution in [0, 0.1) is 12.8 Å². The van der Waals surface area contributed by atoms with Gasteiger partial charge < -0.3 is 18.6 Å². The van der Waals surface area contributed by atoms with Crippen molar-refractivity contribution in [1.82, 2.24) is 0 Å². The monoisotopic (exact) mass is 408 g/mol. The van der Waals surface area contributed by atoms with Crippen LogP contribution in [0.5, 0.6) is 0 Å². The van der Waals surface area contributed by atoms with Gasteiger partial charge in [-0.15, -0.1) is 0 Å². The normalized spacial score (nSPS) is 23.2. The zero-order valence-corrected chi connectivity index (χ0v) is 19.6. The Hall–Kier alpha value is -1.21. The van der Waals surface area contributed by atoms with Crippen molar-refractivity contribution in [3.8, 4) is 0 Å².